The maximum absolute atomic E-state index is 13.9. The Kier molecular flexibility index (Phi) is 4.28. The molecule has 2 aromatic carbocycles. The molecule has 0 saturated carbocycles. The summed E-state index contributed by atoms with van der Waals surface area (Å²) in [7, 11) is 0. The normalized spacial score (nSPS) is 18.3. The molecule has 0 bridgehead atoms. The molecular formula is C19H15F3N2O2. The van der Waals surface area contributed by atoms with E-state index in [9.17, 15) is 13.2 Å². The Hall–Kier alpha value is -2.96. The number of benzene rings is 2. The van der Waals surface area contributed by atoms with Crippen LogP contribution in [0.4, 0.5) is 13.2 Å². The van der Waals surface area contributed by atoms with Gasteiger partial charge in [0.05, 0.1) is 6.54 Å². The lowest BCUT2D eigenvalue weighted by atomic mass is 10.0. The number of rotatable bonds is 4. The first-order valence-electron chi connectivity index (χ1n) is 8.13. The second-order valence-corrected chi connectivity index (χ2v) is 6.00. The smallest absolute Gasteiger partial charge is 0.292 e. The van der Waals surface area contributed by atoms with E-state index in [2.05, 4.69) is 4.99 Å². The molecular weight excluding hydrogens is 345 g/mol. The molecule has 0 aliphatic carbocycles. The molecule has 4 nitrogen and oxygen atoms in total. The van der Waals surface area contributed by atoms with Gasteiger partial charge in [-0.1, -0.05) is 12.1 Å². The molecule has 0 amide bonds. The quantitative estimate of drug-likeness (QED) is 0.779. The van der Waals surface area contributed by atoms with Crippen molar-refractivity contribution in [3.63, 3.8) is 0 Å². The average molecular weight is 360 g/mol. The first-order valence-corrected chi connectivity index (χ1v) is 8.13. The molecule has 4 rings (SSSR count). The summed E-state index contributed by atoms with van der Waals surface area (Å²) in [5, 5.41) is 0. The number of fused-ring (bicyclic) bond motifs is 1. The van der Waals surface area contributed by atoms with E-state index in [4.69, 9.17) is 9.47 Å². The van der Waals surface area contributed by atoms with Crippen molar-refractivity contribution >= 4 is 6.02 Å². The van der Waals surface area contributed by atoms with Gasteiger partial charge in [0.1, 0.15) is 12.4 Å². The third-order valence-electron chi connectivity index (χ3n) is 4.22. The van der Waals surface area contributed by atoms with Crippen molar-refractivity contribution in [1.29, 1.82) is 0 Å². The zero-order chi connectivity index (χ0) is 18.1. The highest BCUT2D eigenvalue weighted by molar-refractivity contribution is 5.77. The van der Waals surface area contributed by atoms with Gasteiger partial charge in [0, 0.05) is 18.3 Å². The largest absolute Gasteiger partial charge is 0.490 e. The highest BCUT2D eigenvalue weighted by Gasteiger charge is 2.30. The van der Waals surface area contributed by atoms with E-state index in [0.717, 1.165) is 12.6 Å². The molecule has 1 atom stereocenters. The maximum Gasteiger partial charge on any atom is 0.292 e. The van der Waals surface area contributed by atoms with Crippen molar-refractivity contribution < 1.29 is 22.6 Å². The lowest BCUT2D eigenvalue weighted by Crippen LogP contribution is -2.28. The Labute approximate surface area is 148 Å². The van der Waals surface area contributed by atoms with E-state index in [0.29, 0.717) is 30.5 Å². The molecule has 1 fully saturated rings. The lowest BCUT2D eigenvalue weighted by molar-refractivity contribution is 0.146. The lowest BCUT2D eigenvalue weighted by Gasteiger charge is -2.14. The Balaban J connectivity index is 1.40. The van der Waals surface area contributed by atoms with Crippen LogP contribution in [0.1, 0.15) is 0 Å². The van der Waals surface area contributed by atoms with E-state index in [1.54, 1.807) is 30.5 Å². The minimum Gasteiger partial charge on any atom is -0.490 e. The predicted molar refractivity (Wildman–Crippen MR) is 90.3 cm³/mol. The summed E-state index contributed by atoms with van der Waals surface area (Å²) in [5.74, 6) is -3.32. The SMILES string of the molecule is Fc1ccc(-c2ccc(OC[C@@H]3CN4CC=CN=C4O3)cc2)c(F)c1F. The summed E-state index contributed by atoms with van der Waals surface area (Å²) in [4.78, 5) is 6.17. The first kappa shape index (κ1) is 16.5. The minimum atomic E-state index is -1.48. The van der Waals surface area contributed by atoms with Gasteiger partial charge in [0.15, 0.2) is 23.6 Å². The van der Waals surface area contributed by atoms with E-state index in [1.807, 2.05) is 11.0 Å². The Bertz CT molecular complexity index is 881. The number of hydrogen-bond donors (Lipinski definition) is 0. The standard InChI is InChI=1S/C19H15F3N2O2/c20-16-7-6-15(17(21)18(16)22)12-2-4-13(5-3-12)25-11-14-10-24-9-1-8-23-19(24)26-14/h1-8,14H,9-11H2/t14-/m0/s1. The molecule has 0 aromatic heterocycles. The third kappa shape index (κ3) is 3.12. The van der Waals surface area contributed by atoms with Gasteiger partial charge >= 0.3 is 0 Å². The van der Waals surface area contributed by atoms with Crippen molar-refractivity contribution in [3.8, 4) is 16.9 Å². The number of ether oxygens (including phenoxy) is 2. The Morgan fingerprint density at radius 3 is 2.65 bits per heavy atom. The highest BCUT2D eigenvalue weighted by atomic mass is 19.2. The second-order valence-electron chi connectivity index (χ2n) is 6.00. The van der Waals surface area contributed by atoms with Gasteiger partial charge in [-0.05, 0) is 35.9 Å². The van der Waals surface area contributed by atoms with Gasteiger partial charge in [-0.2, -0.15) is 0 Å². The molecule has 0 spiro atoms. The average Bonchev–Trinajstić information content (AvgIpc) is 3.08. The number of amidine groups is 1. The molecule has 2 aromatic rings. The fourth-order valence-corrected chi connectivity index (χ4v) is 2.90. The van der Waals surface area contributed by atoms with Crippen LogP contribution in [-0.4, -0.2) is 36.7 Å². The van der Waals surface area contributed by atoms with E-state index in [1.165, 1.54) is 6.07 Å². The molecule has 134 valence electrons. The molecule has 26 heavy (non-hydrogen) atoms. The fraction of sp³-hybridized carbons (Fsp3) is 0.211. The van der Waals surface area contributed by atoms with E-state index < -0.39 is 17.5 Å². The zero-order valence-electron chi connectivity index (χ0n) is 13.7. The van der Waals surface area contributed by atoms with Crippen molar-refractivity contribution in [2.24, 2.45) is 4.99 Å². The Morgan fingerprint density at radius 1 is 1.08 bits per heavy atom. The van der Waals surface area contributed by atoms with Crippen LogP contribution in [-0.2, 0) is 4.74 Å². The van der Waals surface area contributed by atoms with Gasteiger partial charge in [-0.15, -0.1) is 0 Å². The summed E-state index contributed by atoms with van der Waals surface area (Å²) in [6.07, 6.45) is 3.54. The number of halogens is 3. The summed E-state index contributed by atoms with van der Waals surface area (Å²) >= 11 is 0. The number of nitrogens with zero attached hydrogens (tertiary/aromatic N) is 2. The van der Waals surface area contributed by atoms with Crippen molar-refractivity contribution in [3.05, 3.63) is 66.1 Å². The summed E-state index contributed by atoms with van der Waals surface area (Å²) in [6, 6.07) is 9.21. The molecule has 2 aliphatic heterocycles. The minimum absolute atomic E-state index is 0.00281. The third-order valence-corrected chi connectivity index (χ3v) is 4.22. The van der Waals surface area contributed by atoms with Crippen LogP contribution in [0.25, 0.3) is 11.1 Å². The van der Waals surface area contributed by atoms with Crippen LogP contribution in [0, 0.1) is 17.5 Å². The predicted octanol–water partition coefficient (Wildman–Crippen LogP) is 3.73. The first-order chi connectivity index (χ1) is 12.6. The van der Waals surface area contributed by atoms with Crippen LogP contribution in [0.2, 0.25) is 0 Å². The van der Waals surface area contributed by atoms with Crippen LogP contribution in [0.15, 0.2) is 53.7 Å². The maximum atomic E-state index is 13.9. The second kappa shape index (κ2) is 6.74. The monoisotopic (exact) mass is 360 g/mol. The molecule has 0 N–H and O–H groups in total. The topological polar surface area (TPSA) is 34.1 Å². The van der Waals surface area contributed by atoms with Crippen molar-refractivity contribution in [2.75, 3.05) is 19.7 Å². The van der Waals surface area contributed by atoms with Crippen molar-refractivity contribution in [2.45, 2.75) is 6.10 Å². The van der Waals surface area contributed by atoms with Gasteiger partial charge in [0.25, 0.3) is 6.02 Å². The van der Waals surface area contributed by atoms with Gasteiger partial charge in [-0.3, -0.25) is 0 Å². The van der Waals surface area contributed by atoms with Crippen LogP contribution < -0.4 is 4.74 Å². The molecule has 0 radical (unpaired) electrons. The van der Waals surface area contributed by atoms with Crippen molar-refractivity contribution in [1.82, 2.24) is 4.90 Å². The van der Waals surface area contributed by atoms with Gasteiger partial charge < -0.3 is 14.4 Å². The number of aliphatic imine (C=N–C) groups is 1. The summed E-state index contributed by atoms with van der Waals surface area (Å²) in [5.41, 5.74) is 0.431. The van der Waals surface area contributed by atoms with Crippen LogP contribution in [0.5, 0.6) is 5.75 Å². The van der Waals surface area contributed by atoms with Gasteiger partial charge in [-0.25, -0.2) is 18.2 Å². The summed E-state index contributed by atoms with van der Waals surface area (Å²) in [6.45, 7) is 1.81. The number of hydrogen-bond acceptors (Lipinski definition) is 4. The van der Waals surface area contributed by atoms with Gasteiger partial charge in [0.2, 0.25) is 0 Å². The van der Waals surface area contributed by atoms with E-state index >= 15 is 0 Å². The Morgan fingerprint density at radius 2 is 1.88 bits per heavy atom. The molecule has 2 heterocycles. The highest BCUT2D eigenvalue weighted by Crippen LogP contribution is 2.27. The fourth-order valence-electron chi connectivity index (χ4n) is 2.90. The van der Waals surface area contributed by atoms with Crippen LogP contribution in [0.3, 0.4) is 0 Å². The zero-order valence-corrected chi connectivity index (χ0v) is 13.7. The van der Waals surface area contributed by atoms with E-state index in [-0.39, 0.29) is 11.7 Å². The molecule has 7 heteroatoms. The van der Waals surface area contributed by atoms with Crippen LogP contribution >= 0.6 is 0 Å². The molecule has 0 unspecified atom stereocenters. The molecule has 1 saturated heterocycles. The summed E-state index contributed by atoms with van der Waals surface area (Å²) < 4.78 is 51.7. The molecule has 2 aliphatic rings.